The highest BCUT2D eigenvalue weighted by Gasteiger charge is 2.43. The zero-order valence-corrected chi connectivity index (χ0v) is 14.5. The molecule has 1 aromatic heterocycles. The molecule has 3 aliphatic rings. The van der Waals surface area contributed by atoms with Crippen LogP contribution in [0.4, 0.5) is 0 Å². The summed E-state index contributed by atoms with van der Waals surface area (Å²) in [6, 6.07) is 13.5. The molecule has 0 saturated carbocycles. The van der Waals surface area contributed by atoms with Crippen LogP contribution in [0.5, 0.6) is 11.8 Å². The number of aromatic nitrogens is 1. The van der Waals surface area contributed by atoms with E-state index in [1.165, 1.54) is 0 Å². The quantitative estimate of drug-likeness (QED) is 0.704. The predicted molar refractivity (Wildman–Crippen MR) is 98.7 cm³/mol. The van der Waals surface area contributed by atoms with E-state index < -0.39 is 0 Å². The molecule has 5 heteroatoms. The Bertz CT molecular complexity index is 1090. The van der Waals surface area contributed by atoms with Crippen LogP contribution < -0.4 is 0 Å². The Morgan fingerprint density at radius 3 is 2.46 bits per heavy atom. The fourth-order valence-corrected chi connectivity index (χ4v) is 4.86. The molecule has 2 atom stereocenters. The van der Waals surface area contributed by atoms with Crippen molar-refractivity contribution < 1.29 is 10.2 Å². The second kappa shape index (κ2) is 5.26. The predicted octanol–water partition coefficient (Wildman–Crippen LogP) is 3.78. The van der Waals surface area contributed by atoms with Gasteiger partial charge in [0.15, 0.2) is 0 Å². The SMILES string of the molecule is CN1C[C@@H]2CC[C@H]1c1c2c(O)n(-c2ccc(C#N)c3ccccc23)c1O. The van der Waals surface area contributed by atoms with Crippen LogP contribution in [0.25, 0.3) is 16.5 Å². The molecule has 130 valence electrons. The van der Waals surface area contributed by atoms with Gasteiger partial charge in [0.1, 0.15) is 0 Å². The van der Waals surface area contributed by atoms with Crippen molar-refractivity contribution in [2.75, 3.05) is 13.6 Å². The van der Waals surface area contributed by atoms with Crippen LogP contribution in [-0.2, 0) is 0 Å². The third-order valence-corrected chi connectivity index (χ3v) is 6.03. The molecule has 3 heterocycles. The van der Waals surface area contributed by atoms with E-state index in [0.29, 0.717) is 11.3 Å². The molecule has 2 N–H and O–H groups in total. The van der Waals surface area contributed by atoms with Crippen LogP contribution in [0, 0.1) is 11.3 Å². The van der Waals surface area contributed by atoms with E-state index in [1.54, 1.807) is 16.7 Å². The smallest absolute Gasteiger partial charge is 0.203 e. The van der Waals surface area contributed by atoms with Crippen molar-refractivity contribution in [3.8, 4) is 23.5 Å². The Labute approximate surface area is 151 Å². The number of rotatable bonds is 1. The Morgan fingerprint density at radius 2 is 1.73 bits per heavy atom. The molecule has 2 aliphatic heterocycles. The first-order valence-corrected chi connectivity index (χ1v) is 8.90. The molecule has 1 fully saturated rings. The molecule has 1 saturated heterocycles. The minimum absolute atomic E-state index is 0.119. The van der Waals surface area contributed by atoms with E-state index in [4.69, 9.17) is 0 Å². The van der Waals surface area contributed by atoms with Gasteiger partial charge in [-0.2, -0.15) is 5.26 Å². The normalized spacial score (nSPS) is 21.7. The van der Waals surface area contributed by atoms with Crippen molar-refractivity contribution in [3.05, 3.63) is 53.1 Å². The molecule has 0 unspecified atom stereocenters. The Morgan fingerprint density at radius 1 is 1.00 bits per heavy atom. The summed E-state index contributed by atoms with van der Waals surface area (Å²) in [5.74, 6) is 0.501. The van der Waals surface area contributed by atoms with Gasteiger partial charge in [0, 0.05) is 40.4 Å². The van der Waals surface area contributed by atoms with Crippen LogP contribution in [0.1, 0.15) is 41.5 Å². The number of aromatic hydroxyl groups is 2. The molecule has 5 nitrogen and oxygen atoms in total. The van der Waals surface area contributed by atoms with E-state index in [-0.39, 0.29) is 23.7 Å². The Hall–Kier alpha value is -2.97. The van der Waals surface area contributed by atoms with Gasteiger partial charge in [-0.1, -0.05) is 24.3 Å². The number of fused-ring (bicyclic) bond motifs is 3. The summed E-state index contributed by atoms with van der Waals surface area (Å²) < 4.78 is 1.55. The number of likely N-dealkylation sites (N-methyl/N-ethyl adjacent to an activating group) is 1. The van der Waals surface area contributed by atoms with Crippen LogP contribution >= 0.6 is 0 Å². The van der Waals surface area contributed by atoms with Gasteiger partial charge in [0.05, 0.1) is 17.3 Å². The lowest BCUT2D eigenvalue weighted by Gasteiger charge is -2.43. The van der Waals surface area contributed by atoms with E-state index in [1.807, 2.05) is 24.3 Å². The van der Waals surface area contributed by atoms with Crippen molar-refractivity contribution >= 4 is 10.8 Å². The van der Waals surface area contributed by atoms with Gasteiger partial charge in [0.25, 0.3) is 0 Å². The molecule has 6 rings (SSSR count). The Kier molecular flexibility index (Phi) is 3.10. The van der Waals surface area contributed by atoms with Gasteiger partial charge in [-0.05, 0) is 32.0 Å². The lowest BCUT2D eigenvalue weighted by molar-refractivity contribution is 0.142. The maximum atomic E-state index is 11.0. The largest absolute Gasteiger partial charge is 0.494 e. The van der Waals surface area contributed by atoms with Gasteiger partial charge < -0.3 is 10.2 Å². The summed E-state index contributed by atoms with van der Waals surface area (Å²) in [7, 11) is 2.07. The van der Waals surface area contributed by atoms with Crippen LogP contribution in [0.3, 0.4) is 0 Å². The van der Waals surface area contributed by atoms with Gasteiger partial charge in [-0.3, -0.25) is 9.47 Å². The second-order valence-corrected chi connectivity index (χ2v) is 7.33. The summed E-state index contributed by atoms with van der Waals surface area (Å²) in [6.07, 6.45) is 2.03. The summed E-state index contributed by atoms with van der Waals surface area (Å²) >= 11 is 0. The first-order valence-electron chi connectivity index (χ1n) is 8.90. The summed E-state index contributed by atoms with van der Waals surface area (Å²) in [6.45, 7) is 0.906. The van der Waals surface area contributed by atoms with Gasteiger partial charge in [-0.15, -0.1) is 0 Å². The van der Waals surface area contributed by atoms with Crippen molar-refractivity contribution in [3.63, 3.8) is 0 Å². The fraction of sp³-hybridized carbons (Fsp3) is 0.286. The standard InChI is InChI=1S/C21H19N3O2/c1-23-11-13-7-9-17(23)19-18(13)20(25)24(21(19)26)16-8-6-12(10-22)14-4-2-3-5-15(14)16/h2-6,8,13,17,25-26H,7,9,11H2,1H3/t13-,17-/m0/s1. The molecule has 0 radical (unpaired) electrons. The third-order valence-electron chi connectivity index (χ3n) is 6.03. The zero-order valence-electron chi connectivity index (χ0n) is 14.5. The molecule has 2 aromatic carbocycles. The molecule has 0 spiro atoms. The van der Waals surface area contributed by atoms with Crippen molar-refractivity contribution in [2.24, 2.45) is 0 Å². The van der Waals surface area contributed by atoms with Crippen LogP contribution in [0.15, 0.2) is 36.4 Å². The second-order valence-electron chi connectivity index (χ2n) is 7.33. The number of nitrogens with zero attached hydrogens (tertiary/aromatic N) is 3. The minimum atomic E-state index is 0.119. The highest BCUT2D eigenvalue weighted by molar-refractivity contribution is 5.95. The van der Waals surface area contributed by atoms with Crippen LogP contribution in [0.2, 0.25) is 0 Å². The molecular formula is C21H19N3O2. The molecule has 2 bridgehead atoms. The van der Waals surface area contributed by atoms with E-state index >= 15 is 0 Å². The van der Waals surface area contributed by atoms with Crippen molar-refractivity contribution in [1.82, 2.24) is 9.47 Å². The molecule has 3 aromatic rings. The maximum absolute atomic E-state index is 11.0. The average Bonchev–Trinajstić information content (AvgIpc) is 2.94. The monoisotopic (exact) mass is 345 g/mol. The first kappa shape index (κ1) is 15.3. The minimum Gasteiger partial charge on any atom is -0.494 e. The lowest BCUT2D eigenvalue weighted by Crippen LogP contribution is -2.39. The topological polar surface area (TPSA) is 72.4 Å². The molecule has 0 amide bonds. The zero-order chi connectivity index (χ0) is 18.0. The van der Waals surface area contributed by atoms with Crippen molar-refractivity contribution in [2.45, 2.75) is 24.8 Å². The maximum Gasteiger partial charge on any atom is 0.203 e. The summed E-state index contributed by atoms with van der Waals surface area (Å²) in [4.78, 5) is 2.26. The highest BCUT2D eigenvalue weighted by Crippen LogP contribution is 2.55. The van der Waals surface area contributed by atoms with E-state index in [2.05, 4.69) is 18.0 Å². The number of benzene rings is 2. The van der Waals surface area contributed by atoms with Crippen molar-refractivity contribution in [1.29, 1.82) is 5.26 Å². The number of piperidine rings is 1. The third kappa shape index (κ3) is 1.82. The molecule has 26 heavy (non-hydrogen) atoms. The van der Waals surface area contributed by atoms with Gasteiger partial charge >= 0.3 is 0 Å². The number of hydrogen-bond acceptors (Lipinski definition) is 4. The molecular weight excluding hydrogens is 326 g/mol. The highest BCUT2D eigenvalue weighted by atomic mass is 16.3. The molecule has 1 aliphatic carbocycles. The Balaban J connectivity index is 1.82. The lowest BCUT2D eigenvalue weighted by atomic mass is 9.77. The van der Waals surface area contributed by atoms with Gasteiger partial charge in [0.2, 0.25) is 11.8 Å². The van der Waals surface area contributed by atoms with E-state index in [9.17, 15) is 15.5 Å². The summed E-state index contributed by atoms with van der Waals surface area (Å²) in [5.41, 5.74) is 3.04. The average molecular weight is 345 g/mol. The fourth-order valence-electron chi connectivity index (χ4n) is 4.86. The van der Waals surface area contributed by atoms with E-state index in [0.717, 1.165) is 41.3 Å². The summed E-state index contributed by atoms with van der Waals surface area (Å²) in [5, 5.41) is 33.1. The number of nitriles is 1. The van der Waals surface area contributed by atoms with Gasteiger partial charge in [-0.25, -0.2) is 0 Å². The first-order chi connectivity index (χ1) is 12.6. The number of hydrogen-bond donors (Lipinski definition) is 2. The van der Waals surface area contributed by atoms with Crippen LogP contribution in [-0.4, -0.2) is 33.3 Å².